The summed E-state index contributed by atoms with van der Waals surface area (Å²) in [5.41, 5.74) is 17.5. The molecule has 22 heteroatoms. The maximum absolute atomic E-state index is 13.4. The third-order valence-electron chi connectivity index (χ3n) is 24.9. The van der Waals surface area contributed by atoms with Gasteiger partial charge in [0, 0.05) is 11.1 Å². The van der Waals surface area contributed by atoms with Crippen LogP contribution in [0.3, 0.4) is 0 Å². The molecule has 0 atom stereocenters. The molecule has 0 spiro atoms. The molecule has 0 saturated carbocycles. The maximum Gasteiger partial charge on any atom is 0.339 e. The molecule has 130 heavy (non-hydrogen) atoms. The lowest BCUT2D eigenvalue weighted by Crippen LogP contribution is -2.29. The molecular weight excluding hydrogens is 1630 g/mol. The molecule has 0 radical (unpaired) electrons. The van der Waals surface area contributed by atoms with Crippen LogP contribution in [0.15, 0.2) is 267 Å². The number of aryl methyl sites for hydroxylation is 2. The van der Waals surface area contributed by atoms with Crippen molar-refractivity contribution in [2.75, 3.05) is 116 Å². The summed E-state index contributed by atoms with van der Waals surface area (Å²) in [4.78, 5) is 109. The van der Waals surface area contributed by atoms with Crippen molar-refractivity contribution in [3.05, 3.63) is 345 Å². The van der Waals surface area contributed by atoms with Gasteiger partial charge in [0.15, 0.2) is 0 Å². The number of hydrogen-bond donors (Lipinski definition) is 8. The number of rotatable bonds is 20. The molecule has 16 rings (SSSR count). The normalized spacial score (nSPS) is 14.5. The zero-order valence-electron chi connectivity index (χ0n) is 74.7. The average molecular weight is 1750 g/mol. The number of ether oxygens (including phenoxy) is 3. The lowest BCUT2D eigenvalue weighted by Gasteiger charge is -2.29. The Balaban J connectivity index is 0.000000148. The van der Waals surface area contributed by atoms with E-state index in [2.05, 4.69) is 74.6 Å². The molecule has 12 aromatic carbocycles. The van der Waals surface area contributed by atoms with Crippen molar-refractivity contribution >= 4 is 70.3 Å². The molecule has 0 aromatic heterocycles. The average Bonchev–Trinajstić information content (AvgIpc) is 0.845. The van der Waals surface area contributed by atoms with Gasteiger partial charge in [-0.15, -0.1) is 0 Å². The first-order valence-corrected chi connectivity index (χ1v) is 44.1. The third kappa shape index (κ3) is 24.0. The summed E-state index contributed by atoms with van der Waals surface area (Å²) in [7, 11) is 10.3. The quantitative estimate of drug-likeness (QED) is 0.0260. The number of piperidine rings is 4. The van der Waals surface area contributed by atoms with Gasteiger partial charge in [-0.1, -0.05) is 182 Å². The smallest absolute Gasteiger partial charge is 0.339 e. The number of methoxy groups -OCH3 is 3. The molecule has 22 nitrogen and oxygen atoms in total. The second kappa shape index (κ2) is 44.5. The number of likely N-dealkylation sites (tertiary alicyclic amines) is 3. The minimum Gasteiger partial charge on any atom is -0.507 e. The first kappa shape index (κ1) is 93.5. The van der Waals surface area contributed by atoms with Gasteiger partial charge in [-0.2, -0.15) is 0 Å². The Morgan fingerprint density at radius 3 is 0.815 bits per heavy atom. The highest BCUT2D eigenvalue weighted by molar-refractivity contribution is 6.13. The number of carbonyl (C=O) groups is 8. The molecule has 4 aliphatic rings. The minimum atomic E-state index is -1.13. The number of phenols is 2. The van der Waals surface area contributed by atoms with E-state index in [1.807, 2.05) is 202 Å². The molecule has 0 aliphatic carbocycles. The SMILES string of the molecule is CN1CCC(c2ccc(O)c(C(=O)Nc3cc(-c4ccccc4)ccc3C(=O)O)c2)CC1.COC(=O)c1ccc(-c2ccccc2)cc1NC(=O)c1cc(C2CCN(C)CC2)ccc1C.COC(=O)c1ccc(-c2ccccc2)cc1NC(=O)c1cc(C2CCN(C)CC2)ccc1O.COC(=O)c1ccc(-c2ccccc2)cc1NC(=O)c1cc(C2CCNCC2)ccc1C. The Bertz CT molecular complexity index is 5840. The highest BCUT2D eigenvalue weighted by atomic mass is 16.5. The number of amides is 4. The first-order chi connectivity index (χ1) is 62.9. The number of carbonyl (C=O) groups excluding carboxylic acids is 7. The summed E-state index contributed by atoms with van der Waals surface area (Å²) in [6.07, 6.45) is 8.31. The summed E-state index contributed by atoms with van der Waals surface area (Å²) < 4.78 is 14.8. The molecule has 4 heterocycles. The van der Waals surface area contributed by atoms with Gasteiger partial charge < -0.3 is 70.8 Å². The number of hydrogen-bond acceptors (Lipinski definition) is 17. The predicted molar refractivity (Wildman–Crippen MR) is 512 cm³/mol. The van der Waals surface area contributed by atoms with E-state index in [1.54, 1.807) is 60.7 Å². The van der Waals surface area contributed by atoms with Crippen molar-refractivity contribution in [1.82, 2.24) is 20.0 Å². The van der Waals surface area contributed by atoms with Crippen LogP contribution < -0.4 is 26.6 Å². The monoisotopic (exact) mass is 1740 g/mol. The second-order valence-corrected chi connectivity index (χ2v) is 33.6. The number of benzene rings is 12. The van der Waals surface area contributed by atoms with E-state index in [0.29, 0.717) is 63.0 Å². The van der Waals surface area contributed by atoms with Crippen LogP contribution in [0.5, 0.6) is 11.5 Å². The molecule has 4 aliphatic heterocycles. The van der Waals surface area contributed by atoms with Gasteiger partial charge in [0.25, 0.3) is 23.6 Å². The Morgan fingerprint density at radius 1 is 0.292 bits per heavy atom. The number of nitrogens with one attached hydrogen (secondary N) is 5. The minimum absolute atomic E-state index is 0.0102. The molecule has 12 aromatic rings. The fourth-order valence-electron chi connectivity index (χ4n) is 17.1. The number of aromatic hydroxyl groups is 2. The van der Waals surface area contributed by atoms with Gasteiger partial charge in [0.1, 0.15) is 11.5 Å². The molecule has 4 amide bonds. The van der Waals surface area contributed by atoms with E-state index < -0.39 is 35.7 Å². The van der Waals surface area contributed by atoms with Crippen molar-refractivity contribution < 1.29 is 67.9 Å². The lowest BCUT2D eigenvalue weighted by molar-refractivity contribution is 0.0592. The maximum atomic E-state index is 13.4. The Hall–Kier alpha value is -14.2. The van der Waals surface area contributed by atoms with Gasteiger partial charge in [0.2, 0.25) is 0 Å². The van der Waals surface area contributed by atoms with E-state index in [0.717, 1.165) is 170 Å². The summed E-state index contributed by atoms with van der Waals surface area (Å²) in [6, 6.07) is 82.4. The zero-order chi connectivity index (χ0) is 91.9. The first-order valence-electron chi connectivity index (χ1n) is 44.1. The number of nitrogens with zero attached hydrogens (tertiary/aromatic N) is 3. The Labute approximate surface area is 759 Å². The van der Waals surface area contributed by atoms with Crippen LogP contribution in [0.2, 0.25) is 0 Å². The van der Waals surface area contributed by atoms with E-state index in [4.69, 9.17) is 14.2 Å². The summed E-state index contributed by atoms with van der Waals surface area (Å²) in [6.45, 7) is 12.0. The van der Waals surface area contributed by atoms with Gasteiger partial charge in [-0.3, -0.25) is 19.2 Å². The van der Waals surface area contributed by atoms with Crippen LogP contribution in [0.1, 0.15) is 191 Å². The van der Waals surface area contributed by atoms with Crippen molar-refractivity contribution in [2.45, 2.75) is 88.9 Å². The number of carboxylic acids is 1. The number of phenolic OH excluding ortho intramolecular Hbond substituents is 2. The molecule has 4 saturated heterocycles. The van der Waals surface area contributed by atoms with Gasteiger partial charge in [-0.25, -0.2) is 19.2 Å². The fraction of sp³-hybridized carbons (Fsp3) is 0.259. The largest absolute Gasteiger partial charge is 0.507 e. The summed E-state index contributed by atoms with van der Waals surface area (Å²) in [5.74, 6) is -2.75. The zero-order valence-corrected chi connectivity index (χ0v) is 74.7. The van der Waals surface area contributed by atoms with Crippen molar-refractivity contribution in [3.8, 4) is 56.0 Å². The highest BCUT2D eigenvalue weighted by Crippen LogP contribution is 2.39. The van der Waals surface area contributed by atoms with Gasteiger partial charge in [-0.05, 0) is 325 Å². The number of aromatic carboxylic acids is 1. The number of esters is 3. The van der Waals surface area contributed by atoms with Crippen LogP contribution in [-0.2, 0) is 14.2 Å². The van der Waals surface area contributed by atoms with Crippen molar-refractivity contribution in [1.29, 1.82) is 0 Å². The predicted octanol–water partition coefficient (Wildman–Crippen LogP) is 20.4. The van der Waals surface area contributed by atoms with E-state index in [9.17, 15) is 53.7 Å². The Kier molecular flexibility index (Phi) is 32.0. The van der Waals surface area contributed by atoms with E-state index in [1.165, 1.54) is 38.5 Å². The van der Waals surface area contributed by atoms with Gasteiger partial charge >= 0.3 is 23.9 Å². The van der Waals surface area contributed by atoms with Crippen molar-refractivity contribution in [2.24, 2.45) is 0 Å². The van der Waals surface area contributed by atoms with Crippen LogP contribution in [0.4, 0.5) is 22.7 Å². The topological polar surface area (TPSA) is 295 Å². The standard InChI is InChI=1S/C28H30N2O3.C27H28N2O4.C27H28N2O3.C26H26N2O4/c1-19-9-10-22(21-13-15-30(2)16-14-21)17-25(19)27(31)29-26-18-23(20-7-5-4-6-8-20)11-12-24(26)28(32)33-3;1-29-14-12-19(13-15-29)20-9-11-25(30)23(16-20)26(31)28-24-17-21(18-6-4-3-5-7-18)8-10-22(24)27(32)33-2;1-18-8-9-21(20-12-14-28-15-13-20)16-24(18)26(30)29-25-17-22(19-6-4-3-5-7-19)10-11-23(25)27(31)32-2;1-28-13-11-18(12-14-28)19-8-10-24(29)22(15-19)25(30)27-23-16-20(7-9-21(23)26(31)32)17-5-3-2-4-6-17/h4-12,17-18,21H,13-16H2,1-3H3,(H,29,31);3-11,16-17,19,30H,12-15H2,1-2H3,(H,28,31);3-11,16-17,20,28H,12-15H2,1-2H3,(H,29,30);2-10,15-16,18,29H,11-14H2,1H3,(H,27,30)(H,31,32). The fourth-order valence-corrected chi connectivity index (χ4v) is 17.1. The summed E-state index contributed by atoms with van der Waals surface area (Å²) >= 11 is 0. The lowest BCUT2D eigenvalue weighted by atomic mass is 9.87. The molecular formula is C108H112N8O14. The van der Waals surface area contributed by atoms with Crippen molar-refractivity contribution in [3.63, 3.8) is 0 Å². The molecule has 668 valence electrons. The van der Waals surface area contributed by atoms with Crippen LogP contribution in [0.25, 0.3) is 44.5 Å². The molecule has 0 unspecified atom stereocenters. The van der Waals surface area contributed by atoms with E-state index in [-0.39, 0.29) is 51.3 Å². The van der Waals surface area contributed by atoms with E-state index >= 15 is 0 Å². The number of carboxylic acid groups (broad SMARTS) is 1. The van der Waals surface area contributed by atoms with Crippen LogP contribution in [-0.4, -0.2) is 172 Å². The second-order valence-electron chi connectivity index (χ2n) is 33.6. The number of anilines is 4. The van der Waals surface area contributed by atoms with Crippen LogP contribution in [0, 0.1) is 13.8 Å². The molecule has 0 bridgehead atoms. The Morgan fingerprint density at radius 2 is 0.538 bits per heavy atom. The third-order valence-corrected chi connectivity index (χ3v) is 24.9. The van der Waals surface area contributed by atoms with Gasteiger partial charge in [0.05, 0.1) is 77.5 Å². The highest BCUT2D eigenvalue weighted by Gasteiger charge is 2.29. The molecule has 4 fully saturated rings. The van der Waals surface area contributed by atoms with Crippen LogP contribution >= 0.6 is 0 Å². The molecule has 8 N–H and O–H groups in total. The summed E-state index contributed by atoms with van der Waals surface area (Å²) in [5, 5.41) is 45.2.